The molecule has 0 radical (unpaired) electrons. The number of aromatic nitrogens is 3. The van der Waals surface area contributed by atoms with Crippen molar-refractivity contribution >= 4 is 5.52 Å². The van der Waals surface area contributed by atoms with Gasteiger partial charge in [0.1, 0.15) is 0 Å². The van der Waals surface area contributed by atoms with Crippen molar-refractivity contribution < 1.29 is 0 Å². The Labute approximate surface area is 115 Å². The van der Waals surface area contributed by atoms with E-state index in [-0.39, 0.29) is 6.04 Å². The summed E-state index contributed by atoms with van der Waals surface area (Å²) in [7, 11) is 0. The average Bonchev–Trinajstić information content (AvgIpc) is 2.86. The zero-order chi connectivity index (χ0) is 13.5. The molecule has 2 aromatic rings. The van der Waals surface area contributed by atoms with E-state index < -0.39 is 0 Å². The molecular formula is C15H24N4. The monoisotopic (exact) mass is 260 g/mol. The van der Waals surface area contributed by atoms with Crippen molar-refractivity contribution in [2.45, 2.75) is 57.9 Å². The lowest BCUT2D eigenvalue weighted by Gasteiger charge is -2.10. The van der Waals surface area contributed by atoms with Crippen molar-refractivity contribution in [2.75, 3.05) is 0 Å². The fourth-order valence-corrected chi connectivity index (χ4v) is 2.44. The normalized spacial score (nSPS) is 12.9. The maximum Gasteiger partial charge on any atom is 0.0892 e. The molecule has 0 amide bonds. The average molecular weight is 260 g/mol. The van der Waals surface area contributed by atoms with Gasteiger partial charge in [-0.3, -0.25) is 4.98 Å². The lowest BCUT2D eigenvalue weighted by atomic mass is 10.0. The first-order valence-electron chi connectivity index (χ1n) is 7.35. The molecule has 0 bridgehead atoms. The molecule has 0 aliphatic carbocycles. The third-order valence-electron chi connectivity index (χ3n) is 3.62. The summed E-state index contributed by atoms with van der Waals surface area (Å²) in [5.74, 6) is 0. The predicted molar refractivity (Wildman–Crippen MR) is 77.9 cm³/mol. The van der Waals surface area contributed by atoms with E-state index in [2.05, 4.69) is 17.0 Å². The highest BCUT2D eigenvalue weighted by Crippen LogP contribution is 2.21. The molecular weight excluding hydrogens is 236 g/mol. The van der Waals surface area contributed by atoms with Crippen LogP contribution in [0.1, 0.15) is 63.5 Å². The van der Waals surface area contributed by atoms with E-state index in [9.17, 15) is 0 Å². The molecule has 104 valence electrons. The smallest absolute Gasteiger partial charge is 0.0892 e. The van der Waals surface area contributed by atoms with Crippen LogP contribution in [0.4, 0.5) is 0 Å². The molecule has 0 aromatic carbocycles. The minimum Gasteiger partial charge on any atom is -0.324 e. The SMILES string of the molecule is CCCCCCCCC(N)c1cnn2ccncc12. The maximum atomic E-state index is 6.27. The van der Waals surface area contributed by atoms with Gasteiger partial charge in [0.2, 0.25) is 0 Å². The molecule has 19 heavy (non-hydrogen) atoms. The van der Waals surface area contributed by atoms with Crippen LogP contribution in [0, 0.1) is 0 Å². The number of unbranched alkanes of at least 4 members (excludes halogenated alkanes) is 5. The highest BCUT2D eigenvalue weighted by atomic mass is 15.2. The molecule has 2 aromatic heterocycles. The highest BCUT2D eigenvalue weighted by molar-refractivity contribution is 5.52. The van der Waals surface area contributed by atoms with Crippen LogP contribution in [0.25, 0.3) is 5.52 Å². The van der Waals surface area contributed by atoms with Gasteiger partial charge >= 0.3 is 0 Å². The van der Waals surface area contributed by atoms with Crippen LogP contribution >= 0.6 is 0 Å². The van der Waals surface area contributed by atoms with Crippen molar-refractivity contribution in [3.05, 3.63) is 30.4 Å². The Kier molecular flexibility index (Phi) is 5.33. The molecule has 1 unspecified atom stereocenters. The van der Waals surface area contributed by atoms with Crippen LogP contribution in [0.5, 0.6) is 0 Å². The van der Waals surface area contributed by atoms with E-state index in [0.29, 0.717) is 0 Å². The molecule has 0 saturated carbocycles. The first-order chi connectivity index (χ1) is 9.33. The van der Waals surface area contributed by atoms with Gasteiger partial charge in [-0.25, -0.2) is 4.52 Å². The van der Waals surface area contributed by atoms with E-state index in [1.165, 1.54) is 38.5 Å². The van der Waals surface area contributed by atoms with Gasteiger partial charge in [0, 0.05) is 24.0 Å². The molecule has 0 saturated heterocycles. The van der Waals surface area contributed by atoms with Crippen molar-refractivity contribution in [1.82, 2.24) is 14.6 Å². The summed E-state index contributed by atoms with van der Waals surface area (Å²) in [4.78, 5) is 4.14. The van der Waals surface area contributed by atoms with E-state index in [1.54, 1.807) is 6.20 Å². The minimum absolute atomic E-state index is 0.0767. The fourth-order valence-electron chi connectivity index (χ4n) is 2.44. The van der Waals surface area contributed by atoms with Gasteiger partial charge in [0.05, 0.1) is 17.9 Å². The fraction of sp³-hybridized carbons (Fsp3) is 0.600. The lowest BCUT2D eigenvalue weighted by molar-refractivity contribution is 0.548. The van der Waals surface area contributed by atoms with Crippen molar-refractivity contribution in [3.63, 3.8) is 0 Å². The standard InChI is InChI=1S/C15H24N4/c1-2-3-4-5-6-7-8-14(16)13-11-18-19-10-9-17-12-15(13)19/h9-12,14H,2-8,16H2,1H3. The quantitative estimate of drug-likeness (QED) is 0.739. The Hall–Kier alpha value is -1.42. The number of rotatable bonds is 8. The second-order valence-electron chi connectivity index (χ2n) is 5.17. The second-order valence-corrected chi connectivity index (χ2v) is 5.17. The Morgan fingerprint density at radius 3 is 2.79 bits per heavy atom. The largest absolute Gasteiger partial charge is 0.324 e. The zero-order valence-corrected chi connectivity index (χ0v) is 11.8. The Balaban J connectivity index is 1.81. The summed E-state index contributed by atoms with van der Waals surface area (Å²) >= 11 is 0. The number of fused-ring (bicyclic) bond motifs is 1. The van der Waals surface area contributed by atoms with Gasteiger partial charge in [0.15, 0.2) is 0 Å². The van der Waals surface area contributed by atoms with Crippen LogP contribution in [0.3, 0.4) is 0 Å². The molecule has 2 heterocycles. The topological polar surface area (TPSA) is 56.2 Å². The first-order valence-corrected chi connectivity index (χ1v) is 7.35. The van der Waals surface area contributed by atoms with E-state index >= 15 is 0 Å². The number of nitrogens with two attached hydrogens (primary N) is 1. The van der Waals surface area contributed by atoms with Crippen LogP contribution in [-0.4, -0.2) is 14.6 Å². The molecule has 0 aliphatic rings. The van der Waals surface area contributed by atoms with E-state index in [0.717, 1.165) is 17.5 Å². The van der Waals surface area contributed by atoms with Gasteiger partial charge in [-0.2, -0.15) is 5.10 Å². The summed E-state index contributed by atoms with van der Waals surface area (Å²) in [6.45, 7) is 2.25. The van der Waals surface area contributed by atoms with E-state index in [1.807, 2.05) is 23.1 Å². The molecule has 4 nitrogen and oxygen atoms in total. The Bertz CT molecular complexity index is 492. The number of nitrogens with zero attached hydrogens (tertiary/aromatic N) is 3. The number of hydrogen-bond donors (Lipinski definition) is 1. The van der Waals surface area contributed by atoms with Gasteiger partial charge in [0.25, 0.3) is 0 Å². The molecule has 0 spiro atoms. The number of hydrogen-bond acceptors (Lipinski definition) is 3. The lowest BCUT2D eigenvalue weighted by Crippen LogP contribution is -2.09. The maximum absolute atomic E-state index is 6.27. The second kappa shape index (κ2) is 7.24. The summed E-state index contributed by atoms with van der Waals surface area (Å²) in [5.41, 5.74) is 8.41. The predicted octanol–water partition coefficient (Wildman–Crippen LogP) is 3.48. The van der Waals surface area contributed by atoms with Crippen LogP contribution < -0.4 is 5.73 Å². The summed E-state index contributed by atoms with van der Waals surface area (Å²) in [5, 5.41) is 4.31. The third-order valence-corrected chi connectivity index (χ3v) is 3.62. The highest BCUT2D eigenvalue weighted by Gasteiger charge is 2.11. The summed E-state index contributed by atoms with van der Waals surface area (Å²) in [6, 6.07) is 0.0767. The third kappa shape index (κ3) is 3.77. The molecule has 2 rings (SSSR count). The van der Waals surface area contributed by atoms with Crippen molar-refractivity contribution in [2.24, 2.45) is 5.73 Å². The van der Waals surface area contributed by atoms with Crippen LogP contribution in [0.2, 0.25) is 0 Å². The zero-order valence-electron chi connectivity index (χ0n) is 11.8. The minimum atomic E-state index is 0.0767. The molecule has 1 atom stereocenters. The van der Waals surface area contributed by atoms with Gasteiger partial charge < -0.3 is 5.73 Å². The molecule has 0 fully saturated rings. The molecule has 4 heteroatoms. The van der Waals surface area contributed by atoms with Gasteiger partial charge in [-0.05, 0) is 6.42 Å². The van der Waals surface area contributed by atoms with Crippen LogP contribution in [-0.2, 0) is 0 Å². The summed E-state index contributed by atoms with van der Waals surface area (Å²) < 4.78 is 1.84. The van der Waals surface area contributed by atoms with Gasteiger partial charge in [-0.15, -0.1) is 0 Å². The Morgan fingerprint density at radius 1 is 1.16 bits per heavy atom. The molecule has 0 aliphatic heterocycles. The van der Waals surface area contributed by atoms with E-state index in [4.69, 9.17) is 5.73 Å². The van der Waals surface area contributed by atoms with Crippen LogP contribution in [0.15, 0.2) is 24.8 Å². The first kappa shape index (κ1) is 14.0. The van der Waals surface area contributed by atoms with Crippen molar-refractivity contribution in [1.29, 1.82) is 0 Å². The molecule has 2 N–H and O–H groups in total. The summed E-state index contributed by atoms with van der Waals surface area (Å²) in [6.07, 6.45) is 16.2. The van der Waals surface area contributed by atoms with Gasteiger partial charge in [-0.1, -0.05) is 45.4 Å². The van der Waals surface area contributed by atoms with Crippen molar-refractivity contribution in [3.8, 4) is 0 Å². The Morgan fingerprint density at radius 2 is 1.95 bits per heavy atom.